The van der Waals surface area contributed by atoms with Gasteiger partial charge in [-0.15, -0.1) is 0 Å². The number of benzene rings is 1. The molecule has 0 bridgehead atoms. The minimum Gasteiger partial charge on any atom is -0.398 e. The molecule has 0 fully saturated rings. The molecule has 1 aromatic carbocycles. The van der Waals surface area contributed by atoms with Gasteiger partial charge >= 0.3 is 0 Å². The van der Waals surface area contributed by atoms with Gasteiger partial charge in [-0.1, -0.05) is 20.8 Å². The number of nitrogens with two attached hydrogens (primary N) is 1. The third-order valence-electron chi connectivity index (χ3n) is 2.38. The van der Waals surface area contributed by atoms with Crippen molar-refractivity contribution in [2.75, 3.05) is 19.3 Å². The third-order valence-corrected chi connectivity index (χ3v) is 2.38. The number of hydrogen-bond acceptors (Lipinski definition) is 2. The molecule has 0 aliphatic carbocycles. The van der Waals surface area contributed by atoms with E-state index in [4.69, 9.17) is 5.73 Å². The Balaban J connectivity index is 3.01. The molecule has 100 valence electrons. The normalized spacial score (nSPS) is 11.4. The molecular weight excluding hydrogens is 238 g/mol. The second-order valence-electron chi connectivity index (χ2n) is 5.58. The van der Waals surface area contributed by atoms with Gasteiger partial charge in [0.1, 0.15) is 0 Å². The van der Waals surface area contributed by atoms with Crippen LogP contribution in [0.2, 0.25) is 0 Å². The third kappa shape index (κ3) is 3.42. The van der Waals surface area contributed by atoms with Gasteiger partial charge in [-0.05, 0) is 11.5 Å². The molecule has 1 aromatic rings. The van der Waals surface area contributed by atoms with Crippen LogP contribution in [0.15, 0.2) is 12.1 Å². The minimum atomic E-state index is -1.07. The molecule has 1 amide bonds. The standard InChI is InChI=1S/C13H18F2N2O/c1-13(2,3)7-17(4)12(18)8-5-9(14)10(15)6-11(8)16/h5-6H,7,16H2,1-4H3. The molecule has 3 nitrogen and oxygen atoms in total. The summed E-state index contributed by atoms with van der Waals surface area (Å²) < 4.78 is 26.0. The molecular formula is C13H18F2N2O. The number of halogens is 2. The Morgan fingerprint density at radius 2 is 1.78 bits per heavy atom. The van der Waals surface area contributed by atoms with E-state index >= 15 is 0 Å². The van der Waals surface area contributed by atoms with Crippen LogP contribution < -0.4 is 5.73 Å². The average Bonchev–Trinajstić information content (AvgIpc) is 2.20. The van der Waals surface area contributed by atoms with Crippen LogP contribution in [0, 0.1) is 17.0 Å². The highest BCUT2D eigenvalue weighted by Crippen LogP contribution is 2.21. The van der Waals surface area contributed by atoms with Gasteiger partial charge in [-0.2, -0.15) is 0 Å². The monoisotopic (exact) mass is 256 g/mol. The molecule has 18 heavy (non-hydrogen) atoms. The first-order valence-corrected chi connectivity index (χ1v) is 5.62. The summed E-state index contributed by atoms with van der Waals surface area (Å²) in [5.41, 5.74) is 5.38. The number of nitrogens with zero attached hydrogens (tertiary/aromatic N) is 1. The smallest absolute Gasteiger partial charge is 0.255 e. The molecule has 0 saturated heterocycles. The lowest BCUT2D eigenvalue weighted by Gasteiger charge is -2.27. The van der Waals surface area contributed by atoms with Crippen LogP contribution in [0.4, 0.5) is 14.5 Å². The maximum Gasteiger partial charge on any atom is 0.255 e. The van der Waals surface area contributed by atoms with Crippen molar-refractivity contribution >= 4 is 11.6 Å². The molecule has 1 rings (SSSR count). The Labute approximate surface area is 106 Å². The van der Waals surface area contributed by atoms with Crippen molar-refractivity contribution in [3.63, 3.8) is 0 Å². The van der Waals surface area contributed by atoms with Crippen LogP contribution >= 0.6 is 0 Å². The van der Waals surface area contributed by atoms with Crippen LogP contribution in [0.5, 0.6) is 0 Å². The summed E-state index contributed by atoms with van der Waals surface area (Å²) in [6, 6.07) is 1.67. The number of hydrogen-bond donors (Lipinski definition) is 1. The van der Waals surface area contributed by atoms with Crippen molar-refractivity contribution in [3.8, 4) is 0 Å². The lowest BCUT2D eigenvalue weighted by Crippen LogP contribution is -2.35. The minimum absolute atomic E-state index is 0.0133. The van der Waals surface area contributed by atoms with Gasteiger partial charge in [-0.3, -0.25) is 4.79 Å². The van der Waals surface area contributed by atoms with E-state index in [2.05, 4.69) is 0 Å². The molecule has 0 heterocycles. The lowest BCUT2D eigenvalue weighted by molar-refractivity contribution is 0.0746. The van der Waals surface area contributed by atoms with E-state index in [1.165, 1.54) is 4.90 Å². The molecule has 0 aliphatic rings. The van der Waals surface area contributed by atoms with Crippen LogP contribution in [0.25, 0.3) is 0 Å². The highest BCUT2D eigenvalue weighted by atomic mass is 19.2. The van der Waals surface area contributed by atoms with Gasteiger partial charge in [0.15, 0.2) is 11.6 Å². The fourth-order valence-electron chi connectivity index (χ4n) is 1.74. The van der Waals surface area contributed by atoms with E-state index in [-0.39, 0.29) is 16.7 Å². The molecule has 0 radical (unpaired) electrons. The van der Waals surface area contributed by atoms with Crippen LogP contribution in [-0.2, 0) is 0 Å². The number of anilines is 1. The highest BCUT2D eigenvalue weighted by molar-refractivity contribution is 5.99. The summed E-state index contributed by atoms with van der Waals surface area (Å²) in [5.74, 6) is -2.54. The van der Waals surface area contributed by atoms with Gasteiger partial charge in [0.2, 0.25) is 0 Å². The molecule has 0 unspecified atom stereocenters. The van der Waals surface area contributed by atoms with E-state index < -0.39 is 17.5 Å². The largest absolute Gasteiger partial charge is 0.398 e. The van der Waals surface area contributed by atoms with Gasteiger partial charge in [0, 0.05) is 25.3 Å². The molecule has 0 atom stereocenters. The summed E-state index contributed by atoms with van der Waals surface area (Å²) >= 11 is 0. The van der Waals surface area contributed by atoms with Crippen LogP contribution in [-0.4, -0.2) is 24.4 Å². The van der Waals surface area contributed by atoms with Gasteiger partial charge < -0.3 is 10.6 Å². The van der Waals surface area contributed by atoms with Crippen molar-refractivity contribution < 1.29 is 13.6 Å². The first-order chi connectivity index (χ1) is 8.11. The van der Waals surface area contributed by atoms with Crippen LogP contribution in [0.3, 0.4) is 0 Å². The number of nitrogen functional groups attached to an aromatic ring is 1. The van der Waals surface area contributed by atoms with Gasteiger partial charge in [0.25, 0.3) is 5.91 Å². The Kier molecular flexibility index (Phi) is 3.94. The fourth-order valence-corrected chi connectivity index (χ4v) is 1.74. The summed E-state index contributed by atoms with van der Waals surface area (Å²) in [6.07, 6.45) is 0. The molecule has 5 heteroatoms. The highest BCUT2D eigenvalue weighted by Gasteiger charge is 2.21. The predicted octanol–water partition coefficient (Wildman–Crippen LogP) is 2.67. The zero-order valence-corrected chi connectivity index (χ0v) is 11.1. The van der Waals surface area contributed by atoms with Crippen molar-refractivity contribution in [2.24, 2.45) is 5.41 Å². The van der Waals surface area contributed by atoms with E-state index in [0.29, 0.717) is 6.54 Å². The first kappa shape index (κ1) is 14.4. The lowest BCUT2D eigenvalue weighted by atomic mass is 9.96. The van der Waals surface area contributed by atoms with E-state index in [1.54, 1.807) is 7.05 Å². The van der Waals surface area contributed by atoms with E-state index in [0.717, 1.165) is 12.1 Å². The van der Waals surface area contributed by atoms with E-state index in [9.17, 15) is 13.6 Å². The topological polar surface area (TPSA) is 46.3 Å². The second kappa shape index (κ2) is 4.92. The van der Waals surface area contributed by atoms with E-state index in [1.807, 2.05) is 20.8 Å². The maximum absolute atomic E-state index is 13.1. The fraction of sp³-hybridized carbons (Fsp3) is 0.462. The Morgan fingerprint density at radius 1 is 1.28 bits per heavy atom. The Hall–Kier alpha value is -1.65. The average molecular weight is 256 g/mol. The van der Waals surface area contributed by atoms with Crippen molar-refractivity contribution in [1.82, 2.24) is 4.90 Å². The summed E-state index contributed by atoms with van der Waals surface area (Å²) in [7, 11) is 1.61. The molecule has 0 spiro atoms. The predicted molar refractivity (Wildman–Crippen MR) is 67.2 cm³/mol. The number of rotatable bonds is 2. The van der Waals surface area contributed by atoms with Crippen molar-refractivity contribution in [1.29, 1.82) is 0 Å². The molecule has 0 saturated carbocycles. The zero-order chi connectivity index (χ0) is 14.1. The van der Waals surface area contributed by atoms with Gasteiger partial charge in [0.05, 0.1) is 5.56 Å². The zero-order valence-electron chi connectivity index (χ0n) is 11.1. The number of carbonyl (C=O) groups is 1. The molecule has 2 N–H and O–H groups in total. The Bertz CT molecular complexity index is 467. The maximum atomic E-state index is 13.1. The quantitative estimate of drug-likeness (QED) is 0.827. The van der Waals surface area contributed by atoms with Crippen LogP contribution in [0.1, 0.15) is 31.1 Å². The SMILES string of the molecule is CN(CC(C)(C)C)C(=O)c1cc(F)c(F)cc1N. The summed E-state index contributed by atoms with van der Waals surface area (Å²) in [5, 5.41) is 0. The van der Waals surface area contributed by atoms with Crippen molar-refractivity contribution in [2.45, 2.75) is 20.8 Å². The number of amides is 1. The summed E-state index contributed by atoms with van der Waals surface area (Å²) in [6.45, 7) is 6.42. The summed E-state index contributed by atoms with van der Waals surface area (Å²) in [4.78, 5) is 13.5. The second-order valence-corrected chi connectivity index (χ2v) is 5.58. The molecule has 0 aromatic heterocycles. The number of carbonyl (C=O) groups excluding carboxylic acids is 1. The molecule has 0 aliphatic heterocycles. The van der Waals surface area contributed by atoms with Crippen molar-refractivity contribution in [3.05, 3.63) is 29.3 Å². The Morgan fingerprint density at radius 3 is 2.28 bits per heavy atom. The van der Waals surface area contributed by atoms with Gasteiger partial charge in [-0.25, -0.2) is 8.78 Å². The first-order valence-electron chi connectivity index (χ1n) is 5.62.